The molecule has 1 aliphatic heterocycles. The third-order valence-electron chi connectivity index (χ3n) is 3.77. The van der Waals surface area contributed by atoms with Crippen molar-refractivity contribution in [2.24, 2.45) is 0 Å². The maximum absolute atomic E-state index is 11.5. The average molecular weight is 313 g/mol. The minimum absolute atomic E-state index is 0.172. The van der Waals surface area contributed by atoms with Gasteiger partial charge in [0.25, 0.3) is 0 Å². The van der Waals surface area contributed by atoms with Gasteiger partial charge >= 0.3 is 0 Å². The van der Waals surface area contributed by atoms with Gasteiger partial charge in [-0.1, -0.05) is 0 Å². The van der Waals surface area contributed by atoms with Crippen LogP contribution >= 0.6 is 0 Å². The Hall–Kier alpha value is -1.31. The molecule has 0 unspecified atom stereocenters. The van der Waals surface area contributed by atoms with Crippen LogP contribution in [0, 0.1) is 0 Å². The fourth-order valence-corrected chi connectivity index (χ4v) is 3.28. The summed E-state index contributed by atoms with van der Waals surface area (Å²) in [5.74, 6) is 0. The van der Waals surface area contributed by atoms with Gasteiger partial charge in [-0.15, -0.1) is 0 Å². The van der Waals surface area contributed by atoms with Crippen LogP contribution in [0.3, 0.4) is 0 Å². The first kappa shape index (κ1) is 16.1. The fraction of sp³-hybridized carbons (Fsp3) is 0.571. The molecule has 3 N–H and O–H groups in total. The van der Waals surface area contributed by atoms with Gasteiger partial charge in [-0.3, -0.25) is 4.90 Å². The molecular weight excluding hydrogens is 290 g/mol. The summed E-state index contributed by atoms with van der Waals surface area (Å²) in [6, 6.07) is 4.92. The molecule has 1 heterocycles. The maximum atomic E-state index is 11.5. The van der Waals surface area contributed by atoms with Gasteiger partial charge in [0.05, 0.1) is 22.9 Å². The topological polar surface area (TPSA) is 86.9 Å². The molecular formula is C14H23N3O3S. The lowest BCUT2D eigenvalue weighted by Crippen LogP contribution is -2.32. The zero-order chi connectivity index (χ0) is 15.5. The molecule has 0 aliphatic carbocycles. The largest absolute Gasteiger partial charge is 0.397 e. The Bertz CT molecular complexity index is 589. The zero-order valence-corrected chi connectivity index (χ0v) is 13.1. The molecule has 0 amide bonds. The predicted octanol–water partition coefficient (Wildman–Crippen LogP) is 0.177. The zero-order valence-electron chi connectivity index (χ0n) is 12.3. The molecule has 1 aliphatic rings. The highest BCUT2D eigenvalue weighted by Gasteiger charge is 2.17. The third-order valence-corrected chi connectivity index (χ3v) is 4.88. The van der Waals surface area contributed by atoms with Crippen LogP contribution in [0.2, 0.25) is 0 Å². The molecule has 0 spiro atoms. The van der Waals surface area contributed by atoms with Crippen LogP contribution in [0.25, 0.3) is 0 Å². The number of hydrogen-bond donors (Lipinski definition) is 2. The lowest BCUT2D eigenvalue weighted by Gasteiger charge is -2.25. The third kappa shape index (κ3) is 4.09. The van der Waals surface area contributed by atoms with Gasteiger partial charge < -0.3 is 15.7 Å². The van der Waals surface area contributed by atoms with E-state index in [1.54, 1.807) is 12.1 Å². The number of nitrogen functional groups attached to an aromatic ring is 1. The monoisotopic (exact) mass is 313 g/mol. The number of aliphatic hydroxyl groups excluding tert-OH is 1. The van der Waals surface area contributed by atoms with Crippen LogP contribution in [-0.2, 0) is 9.84 Å². The first-order valence-electron chi connectivity index (χ1n) is 7.09. The average Bonchev–Trinajstić information content (AvgIpc) is 2.64. The maximum Gasteiger partial charge on any atom is 0.175 e. The van der Waals surface area contributed by atoms with Gasteiger partial charge in [0.15, 0.2) is 9.84 Å². The Balaban J connectivity index is 2.15. The Morgan fingerprint density at radius 3 is 2.62 bits per heavy atom. The van der Waals surface area contributed by atoms with E-state index in [0.717, 1.165) is 38.3 Å². The predicted molar refractivity (Wildman–Crippen MR) is 84.3 cm³/mol. The molecule has 118 valence electrons. The molecule has 0 atom stereocenters. The van der Waals surface area contributed by atoms with Gasteiger partial charge in [0.1, 0.15) is 0 Å². The Kier molecular flexibility index (Phi) is 5.08. The molecule has 1 fully saturated rings. The van der Waals surface area contributed by atoms with E-state index in [9.17, 15) is 8.42 Å². The summed E-state index contributed by atoms with van der Waals surface area (Å²) in [6.45, 7) is 4.39. The van der Waals surface area contributed by atoms with Crippen molar-refractivity contribution in [3.05, 3.63) is 18.2 Å². The van der Waals surface area contributed by atoms with Gasteiger partial charge in [0, 0.05) is 32.4 Å². The van der Waals surface area contributed by atoms with Crippen LogP contribution < -0.4 is 10.6 Å². The Morgan fingerprint density at radius 2 is 2.00 bits per heavy atom. The summed E-state index contributed by atoms with van der Waals surface area (Å²) in [6.07, 6.45) is 2.17. The molecule has 0 bridgehead atoms. The van der Waals surface area contributed by atoms with E-state index >= 15 is 0 Å². The van der Waals surface area contributed by atoms with Crippen molar-refractivity contribution < 1.29 is 13.5 Å². The lowest BCUT2D eigenvalue weighted by molar-refractivity contribution is 0.204. The second-order valence-corrected chi connectivity index (χ2v) is 7.41. The molecule has 0 radical (unpaired) electrons. The van der Waals surface area contributed by atoms with Crippen molar-refractivity contribution in [1.29, 1.82) is 0 Å². The number of anilines is 2. The van der Waals surface area contributed by atoms with Gasteiger partial charge in [-0.25, -0.2) is 8.42 Å². The van der Waals surface area contributed by atoms with E-state index in [2.05, 4.69) is 9.80 Å². The highest BCUT2D eigenvalue weighted by Crippen LogP contribution is 2.27. The van der Waals surface area contributed by atoms with Crippen LogP contribution in [0.1, 0.15) is 6.42 Å². The van der Waals surface area contributed by atoms with Crippen molar-refractivity contribution in [2.75, 3.05) is 56.2 Å². The lowest BCUT2D eigenvalue weighted by atomic mass is 10.2. The molecule has 0 aromatic heterocycles. The number of aliphatic hydroxyl groups is 1. The first-order valence-corrected chi connectivity index (χ1v) is 8.98. The second kappa shape index (κ2) is 6.64. The van der Waals surface area contributed by atoms with Crippen LogP contribution in [0.4, 0.5) is 11.4 Å². The van der Waals surface area contributed by atoms with Crippen LogP contribution in [-0.4, -0.2) is 64.0 Å². The molecule has 1 aromatic rings. The molecule has 2 rings (SSSR count). The number of nitrogens with zero attached hydrogens (tertiary/aromatic N) is 2. The SMILES string of the molecule is CS(=O)(=O)c1ccc(N2CCCN(CCO)CC2)c(N)c1. The van der Waals surface area contributed by atoms with Gasteiger partial charge in [-0.2, -0.15) is 0 Å². The number of nitrogens with two attached hydrogens (primary N) is 1. The van der Waals surface area contributed by atoms with E-state index in [0.29, 0.717) is 12.2 Å². The normalized spacial score (nSPS) is 17.7. The smallest absolute Gasteiger partial charge is 0.175 e. The Labute approximate surface area is 126 Å². The van der Waals surface area contributed by atoms with Gasteiger partial charge in [0.2, 0.25) is 0 Å². The standard InChI is InChI=1S/C14H23N3O3S/c1-21(19,20)12-3-4-14(13(15)11-12)17-6-2-5-16(7-8-17)9-10-18/h3-4,11,18H,2,5-10,15H2,1H3. The number of benzene rings is 1. The summed E-state index contributed by atoms with van der Waals surface area (Å²) < 4.78 is 23.1. The summed E-state index contributed by atoms with van der Waals surface area (Å²) in [5.41, 5.74) is 7.41. The molecule has 6 nitrogen and oxygen atoms in total. The number of hydrogen-bond acceptors (Lipinski definition) is 6. The molecule has 7 heteroatoms. The van der Waals surface area contributed by atoms with E-state index in [-0.39, 0.29) is 11.5 Å². The number of rotatable bonds is 4. The van der Waals surface area contributed by atoms with Crippen molar-refractivity contribution in [2.45, 2.75) is 11.3 Å². The second-order valence-electron chi connectivity index (χ2n) is 5.40. The highest BCUT2D eigenvalue weighted by atomic mass is 32.2. The van der Waals surface area contributed by atoms with Gasteiger partial charge in [-0.05, 0) is 31.2 Å². The van der Waals surface area contributed by atoms with E-state index in [1.807, 2.05) is 0 Å². The van der Waals surface area contributed by atoms with E-state index in [4.69, 9.17) is 10.8 Å². The molecule has 1 saturated heterocycles. The minimum atomic E-state index is -3.23. The van der Waals surface area contributed by atoms with Crippen LogP contribution in [0.5, 0.6) is 0 Å². The van der Waals surface area contributed by atoms with Crippen LogP contribution in [0.15, 0.2) is 23.1 Å². The summed E-state index contributed by atoms with van der Waals surface area (Å²) >= 11 is 0. The number of β-amino-alcohol motifs (C(OH)–C–C–N with tert-alkyl or cyclic N) is 1. The van der Waals surface area contributed by atoms with E-state index < -0.39 is 9.84 Å². The fourth-order valence-electron chi connectivity index (χ4n) is 2.63. The van der Waals surface area contributed by atoms with Crippen molar-refractivity contribution in [1.82, 2.24) is 4.90 Å². The molecule has 1 aromatic carbocycles. The quantitative estimate of drug-likeness (QED) is 0.771. The Morgan fingerprint density at radius 1 is 1.24 bits per heavy atom. The van der Waals surface area contributed by atoms with E-state index in [1.165, 1.54) is 12.3 Å². The first-order chi connectivity index (χ1) is 9.91. The van der Waals surface area contributed by atoms with Crippen molar-refractivity contribution in [3.8, 4) is 0 Å². The minimum Gasteiger partial charge on any atom is -0.397 e. The highest BCUT2D eigenvalue weighted by molar-refractivity contribution is 7.90. The molecule has 0 saturated carbocycles. The number of sulfone groups is 1. The summed E-state index contributed by atoms with van der Waals surface area (Å²) in [5, 5.41) is 9.01. The molecule has 21 heavy (non-hydrogen) atoms. The summed E-state index contributed by atoms with van der Waals surface area (Å²) in [4.78, 5) is 4.65. The summed E-state index contributed by atoms with van der Waals surface area (Å²) in [7, 11) is -3.23. The van der Waals surface area contributed by atoms with Crippen molar-refractivity contribution >= 4 is 21.2 Å². The van der Waals surface area contributed by atoms with Crippen molar-refractivity contribution in [3.63, 3.8) is 0 Å².